The number of pyridine rings is 1. The van der Waals surface area contributed by atoms with E-state index >= 15 is 0 Å². The molecular weight excluding hydrogens is 334 g/mol. The van der Waals surface area contributed by atoms with Crippen LogP contribution in [0.4, 0.5) is 0 Å². The van der Waals surface area contributed by atoms with E-state index in [0.717, 1.165) is 47.6 Å². The molecule has 1 atom stereocenters. The minimum Gasteiger partial charge on any atom is -0.356 e. The Labute approximate surface area is 151 Å². The molecule has 0 radical (unpaired) electrons. The van der Waals surface area contributed by atoms with Gasteiger partial charge in [0.1, 0.15) is 5.65 Å². The van der Waals surface area contributed by atoms with Gasteiger partial charge in [0, 0.05) is 35.8 Å². The molecule has 0 saturated carbocycles. The topological polar surface area (TPSA) is 46.4 Å². The van der Waals surface area contributed by atoms with Crippen molar-refractivity contribution in [2.45, 2.75) is 25.7 Å². The summed E-state index contributed by atoms with van der Waals surface area (Å²) in [5, 5.41) is 3.81. The first-order chi connectivity index (χ1) is 12.2. The van der Waals surface area contributed by atoms with Crippen molar-refractivity contribution in [1.29, 1.82) is 0 Å². The number of nitrogens with zero attached hydrogens (tertiary/aromatic N) is 2. The molecule has 5 heteroatoms. The Bertz CT molecular complexity index is 918. The summed E-state index contributed by atoms with van der Waals surface area (Å²) in [6.45, 7) is 0.635. The number of carbonyl (C=O) groups excluding carboxylic acids is 1. The van der Waals surface area contributed by atoms with Crippen molar-refractivity contribution in [3.05, 3.63) is 70.6 Å². The van der Waals surface area contributed by atoms with E-state index in [4.69, 9.17) is 11.6 Å². The van der Waals surface area contributed by atoms with Crippen molar-refractivity contribution in [1.82, 2.24) is 14.7 Å². The van der Waals surface area contributed by atoms with Crippen LogP contribution in [0.1, 0.15) is 23.4 Å². The van der Waals surface area contributed by atoms with Gasteiger partial charge in [-0.2, -0.15) is 0 Å². The number of rotatable bonds is 4. The molecule has 4 nitrogen and oxygen atoms in total. The molecule has 3 aromatic rings. The van der Waals surface area contributed by atoms with Gasteiger partial charge in [-0.25, -0.2) is 4.98 Å². The van der Waals surface area contributed by atoms with Crippen LogP contribution >= 0.6 is 11.6 Å². The summed E-state index contributed by atoms with van der Waals surface area (Å²) < 4.78 is 2.11. The molecule has 1 N–H and O–H groups in total. The fourth-order valence-corrected chi connectivity index (χ4v) is 3.76. The number of halogens is 1. The zero-order chi connectivity index (χ0) is 17.2. The summed E-state index contributed by atoms with van der Waals surface area (Å²) in [5.74, 6) is 0.158. The van der Waals surface area contributed by atoms with Gasteiger partial charge in [0.25, 0.3) is 0 Å². The monoisotopic (exact) mass is 353 g/mol. The molecular formula is C20H20ClN3O. The molecule has 0 spiro atoms. The molecule has 25 heavy (non-hydrogen) atoms. The van der Waals surface area contributed by atoms with Crippen LogP contribution in [0.5, 0.6) is 0 Å². The first kappa shape index (κ1) is 16.2. The maximum absolute atomic E-state index is 12.6. The second-order valence-electron chi connectivity index (χ2n) is 6.54. The first-order valence-corrected chi connectivity index (χ1v) is 9.05. The fraction of sp³-hybridized carbons (Fsp3) is 0.300. The van der Waals surface area contributed by atoms with Crippen molar-refractivity contribution in [2.75, 3.05) is 6.54 Å². The Morgan fingerprint density at radius 3 is 3.08 bits per heavy atom. The molecule has 128 valence electrons. The van der Waals surface area contributed by atoms with Crippen LogP contribution < -0.4 is 5.32 Å². The summed E-state index contributed by atoms with van der Waals surface area (Å²) >= 11 is 6.00. The Morgan fingerprint density at radius 1 is 1.28 bits per heavy atom. The molecule has 0 bridgehead atoms. The highest BCUT2D eigenvalue weighted by Crippen LogP contribution is 2.26. The number of hydrogen-bond donors (Lipinski definition) is 1. The summed E-state index contributed by atoms with van der Waals surface area (Å²) in [7, 11) is 0. The van der Waals surface area contributed by atoms with Crippen molar-refractivity contribution < 1.29 is 4.79 Å². The van der Waals surface area contributed by atoms with E-state index in [0.29, 0.717) is 6.54 Å². The van der Waals surface area contributed by atoms with Crippen LogP contribution in [0.15, 0.2) is 48.7 Å². The zero-order valence-electron chi connectivity index (χ0n) is 13.9. The summed E-state index contributed by atoms with van der Waals surface area (Å²) in [6, 6.07) is 13.8. The Balaban J connectivity index is 1.38. The highest BCUT2D eigenvalue weighted by molar-refractivity contribution is 6.30. The highest BCUT2D eigenvalue weighted by Gasteiger charge is 2.27. The van der Waals surface area contributed by atoms with Gasteiger partial charge in [-0.1, -0.05) is 29.8 Å². The Hall–Kier alpha value is -2.33. The van der Waals surface area contributed by atoms with E-state index in [9.17, 15) is 4.79 Å². The maximum atomic E-state index is 12.6. The highest BCUT2D eigenvalue weighted by atomic mass is 35.5. The predicted octanol–water partition coefficient (Wildman–Crippen LogP) is 3.45. The molecule has 2 heterocycles. The SMILES string of the molecule is O=C(NCCc1cccc(Cl)c1)C1CCc2nc3ccccn3c2C1. The van der Waals surface area contributed by atoms with Crippen LogP contribution in [0.2, 0.25) is 5.02 Å². The minimum absolute atomic E-state index is 0.0203. The van der Waals surface area contributed by atoms with E-state index in [1.165, 1.54) is 5.69 Å². The van der Waals surface area contributed by atoms with Crippen LogP contribution in [0.3, 0.4) is 0 Å². The average molecular weight is 354 g/mol. The normalized spacial score (nSPS) is 16.6. The molecule has 0 fully saturated rings. The smallest absolute Gasteiger partial charge is 0.223 e. The number of carbonyl (C=O) groups is 1. The molecule has 1 amide bonds. The van der Waals surface area contributed by atoms with E-state index in [2.05, 4.69) is 14.7 Å². The third-order valence-corrected chi connectivity index (χ3v) is 5.09. The van der Waals surface area contributed by atoms with Gasteiger partial charge < -0.3 is 9.72 Å². The second-order valence-corrected chi connectivity index (χ2v) is 6.98. The largest absolute Gasteiger partial charge is 0.356 e. The maximum Gasteiger partial charge on any atom is 0.223 e. The number of fused-ring (bicyclic) bond motifs is 3. The third-order valence-electron chi connectivity index (χ3n) is 4.85. The number of nitrogens with one attached hydrogen (secondary N) is 1. The summed E-state index contributed by atoms with van der Waals surface area (Å²) in [4.78, 5) is 17.2. The van der Waals surface area contributed by atoms with E-state index in [1.54, 1.807) is 0 Å². The predicted molar refractivity (Wildman–Crippen MR) is 98.9 cm³/mol. The number of benzene rings is 1. The molecule has 2 aromatic heterocycles. The van der Waals surface area contributed by atoms with Crippen molar-refractivity contribution in [3.8, 4) is 0 Å². The quantitative estimate of drug-likeness (QED) is 0.780. The lowest BCUT2D eigenvalue weighted by Crippen LogP contribution is -2.35. The molecule has 1 aliphatic rings. The lowest BCUT2D eigenvalue weighted by Gasteiger charge is -2.21. The van der Waals surface area contributed by atoms with Gasteiger partial charge in [-0.15, -0.1) is 0 Å². The van der Waals surface area contributed by atoms with E-state index < -0.39 is 0 Å². The fourth-order valence-electron chi connectivity index (χ4n) is 3.55. The lowest BCUT2D eigenvalue weighted by molar-refractivity contribution is -0.125. The number of aromatic nitrogens is 2. The van der Waals surface area contributed by atoms with Crippen molar-refractivity contribution in [2.24, 2.45) is 5.92 Å². The molecule has 1 aromatic carbocycles. The first-order valence-electron chi connectivity index (χ1n) is 8.68. The second kappa shape index (κ2) is 6.89. The number of imidazole rings is 1. The number of amides is 1. The molecule has 4 rings (SSSR count). The molecule has 0 aliphatic heterocycles. The average Bonchev–Trinajstić information content (AvgIpc) is 2.99. The number of aryl methyl sites for hydroxylation is 1. The van der Waals surface area contributed by atoms with Gasteiger partial charge in [-0.05, 0) is 49.1 Å². The van der Waals surface area contributed by atoms with E-state index in [1.807, 2.05) is 48.7 Å². The summed E-state index contributed by atoms with van der Waals surface area (Å²) in [6.07, 6.45) is 5.30. The van der Waals surface area contributed by atoms with Crippen molar-refractivity contribution >= 4 is 23.2 Å². The van der Waals surface area contributed by atoms with Gasteiger partial charge >= 0.3 is 0 Å². The molecule has 1 aliphatic carbocycles. The van der Waals surface area contributed by atoms with Gasteiger partial charge in [0.15, 0.2) is 0 Å². The van der Waals surface area contributed by atoms with Gasteiger partial charge in [0.2, 0.25) is 5.91 Å². The summed E-state index contributed by atoms with van der Waals surface area (Å²) in [5.41, 5.74) is 4.42. The van der Waals surface area contributed by atoms with Gasteiger partial charge in [0.05, 0.1) is 5.69 Å². The van der Waals surface area contributed by atoms with E-state index in [-0.39, 0.29) is 11.8 Å². The lowest BCUT2D eigenvalue weighted by atomic mass is 9.89. The number of hydrogen-bond acceptors (Lipinski definition) is 2. The Morgan fingerprint density at radius 2 is 2.20 bits per heavy atom. The zero-order valence-corrected chi connectivity index (χ0v) is 14.7. The molecule has 1 unspecified atom stereocenters. The van der Waals surface area contributed by atoms with Crippen LogP contribution in [-0.2, 0) is 24.1 Å². The van der Waals surface area contributed by atoms with Gasteiger partial charge in [-0.3, -0.25) is 4.79 Å². The standard InChI is InChI=1S/C20H20ClN3O/c21-16-5-3-4-14(12-16)9-10-22-20(25)15-7-8-17-18(13-15)24-11-2-1-6-19(24)23-17/h1-6,11-12,15H,7-10,13H2,(H,22,25). The minimum atomic E-state index is 0.0203. The third kappa shape index (κ3) is 3.40. The van der Waals surface area contributed by atoms with Crippen molar-refractivity contribution in [3.63, 3.8) is 0 Å². The Kier molecular flexibility index (Phi) is 4.45. The van der Waals surface area contributed by atoms with Crippen LogP contribution in [0, 0.1) is 5.92 Å². The van der Waals surface area contributed by atoms with Crippen LogP contribution in [0.25, 0.3) is 5.65 Å². The molecule has 0 saturated heterocycles. The van der Waals surface area contributed by atoms with Crippen LogP contribution in [-0.4, -0.2) is 21.8 Å².